The normalized spacial score (nSPS) is 23.6. The van der Waals surface area contributed by atoms with Crippen LogP contribution in [0.4, 0.5) is 0 Å². The highest BCUT2D eigenvalue weighted by Gasteiger charge is 2.42. The van der Waals surface area contributed by atoms with Gasteiger partial charge in [0.05, 0.1) is 11.2 Å². The minimum Gasteiger partial charge on any atom is -0.371 e. The highest BCUT2D eigenvalue weighted by molar-refractivity contribution is 7.09. The Hall–Kier alpha value is -1.31. The Labute approximate surface area is 133 Å². The third kappa shape index (κ3) is 2.57. The van der Waals surface area contributed by atoms with E-state index in [-0.39, 0.29) is 11.6 Å². The molecular weight excluding hydrogens is 300 g/mol. The van der Waals surface area contributed by atoms with Gasteiger partial charge in [-0.05, 0) is 32.1 Å². The van der Waals surface area contributed by atoms with Crippen molar-refractivity contribution < 1.29 is 9.26 Å². The Morgan fingerprint density at radius 1 is 1.36 bits per heavy atom. The maximum atomic E-state index is 5.70. The highest BCUT2D eigenvalue weighted by atomic mass is 32.1. The quantitative estimate of drug-likeness (QED) is 0.913. The van der Waals surface area contributed by atoms with Crippen LogP contribution in [0, 0.1) is 6.92 Å². The highest BCUT2D eigenvalue weighted by Crippen LogP contribution is 2.40. The number of hydrogen-bond donors (Lipinski definition) is 1. The molecule has 6 nitrogen and oxygen atoms in total. The molecule has 1 atom stereocenters. The van der Waals surface area contributed by atoms with E-state index in [9.17, 15) is 0 Å². The molecule has 22 heavy (non-hydrogen) atoms. The van der Waals surface area contributed by atoms with E-state index in [0.29, 0.717) is 5.89 Å². The van der Waals surface area contributed by atoms with Crippen molar-refractivity contribution in [1.29, 1.82) is 0 Å². The standard InChI is InChI=1S/C15H20N4O2S/c1-10-17-14(19-21-10)15(5-3-6-15)16-8-11-9-22-13(18-11)12-4-2-7-20-12/h9,12,16H,2-8H2,1H3. The van der Waals surface area contributed by atoms with Gasteiger partial charge in [0.2, 0.25) is 5.89 Å². The fraction of sp³-hybridized carbons (Fsp3) is 0.667. The summed E-state index contributed by atoms with van der Waals surface area (Å²) in [6.45, 7) is 3.42. The zero-order valence-electron chi connectivity index (χ0n) is 12.7. The lowest BCUT2D eigenvalue weighted by molar-refractivity contribution is 0.111. The molecule has 1 saturated heterocycles. The minimum atomic E-state index is -0.134. The molecule has 0 bridgehead atoms. The van der Waals surface area contributed by atoms with E-state index in [1.54, 1.807) is 11.3 Å². The second-order valence-electron chi connectivity index (χ2n) is 6.10. The minimum absolute atomic E-state index is 0.134. The van der Waals surface area contributed by atoms with Crippen LogP contribution in [0.25, 0.3) is 0 Å². The second kappa shape index (κ2) is 5.72. The summed E-state index contributed by atoms with van der Waals surface area (Å²) in [6.07, 6.45) is 5.73. The topological polar surface area (TPSA) is 73.1 Å². The molecule has 0 spiro atoms. The molecule has 3 heterocycles. The average Bonchev–Trinajstić information content (AvgIpc) is 3.17. The van der Waals surface area contributed by atoms with Crippen molar-refractivity contribution >= 4 is 11.3 Å². The molecule has 2 aromatic heterocycles. The third-order valence-electron chi connectivity index (χ3n) is 4.55. The lowest BCUT2D eigenvalue weighted by atomic mass is 9.76. The van der Waals surface area contributed by atoms with E-state index in [1.165, 1.54) is 6.42 Å². The maximum Gasteiger partial charge on any atom is 0.223 e. The summed E-state index contributed by atoms with van der Waals surface area (Å²) >= 11 is 1.70. The Bertz CT molecular complexity index is 644. The number of ether oxygens (including phenoxy) is 1. The van der Waals surface area contributed by atoms with E-state index in [0.717, 1.165) is 55.4 Å². The van der Waals surface area contributed by atoms with Gasteiger partial charge in [-0.15, -0.1) is 11.3 Å². The van der Waals surface area contributed by atoms with Crippen LogP contribution in [-0.2, 0) is 16.8 Å². The van der Waals surface area contributed by atoms with Crippen LogP contribution in [0.15, 0.2) is 9.90 Å². The molecule has 2 fully saturated rings. The molecular formula is C15H20N4O2S. The van der Waals surface area contributed by atoms with E-state index in [1.807, 2.05) is 6.92 Å². The van der Waals surface area contributed by atoms with Crippen LogP contribution >= 0.6 is 11.3 Å². The van der Waals surface area contributed by atoms with Crippen molar-refractivity contribution in [2.45, 2.75) is 57.2 Å². The van der Waals surface area contributed by atoms with Gasteiger partial charge in [-0.25, -0.2) is 4.98 Å². The molecule has 2 aromatic rings. The molecule has 1 saturated carbocycles. The van der Waals surface area contributed by atoms with Crippen LogP contribution in [-0.4, -0.2) is 21.7 Å². The molecule has 0 aromatic carbocycles. The SMILES string of the molecule is Cc1nc(C2(NCc3csc(C4CCCO4)n3)CCC2)no1. The fourth-order valence-electron chi connectivity index (χ4n) is 3.09. The van der Waals surface area contributed by atoms with Gasteiger partial charge in [0, 0.05) is 25.5 Å². The molecule has 1 unspecified atom stereocenters. The first-order chi connectivity index (χ1) is 10.8. The molecule has 1 aliphatic carbocycles. The number of aromatic nitrogens is 3. The summed E-state index contributed by atoms with van der Waals surface area (Å²) in [5.74, 6) is 1.41. The van der Waals surface area contributed by atoms with Crippen molar-refractivity contribution in [1.82, 2.24) is 20.4 Å². The van der Waals surface area contributed by atoms with E-state index in [2.05, 4.69) is 20.8 Å². The lowest BCUT2D eigenvalue weighted by Crippen LogP contribution is -2.48. The van der Waals surface area contributed by atoms with Gasteiger partial charge in [-0.3, -0.25) is 5.32 Å². The lowest BCUT2D eigenvalue weighted by Gasteiger charge is -2.39. The van der Waals surface area contributed by atoms with Crippen molar-refractivity contribution in [2.24, 2.45) is 0 Å². The number of nitrogens with zero attached hydrogens (tertiary/aromatic N) is 3. The first kappa shape index (κ1) is 14.3. The van der Waals surface area contributed by atoms with Gasteiger partial charge in [0.15, 0.2) is 5.82 Å². The Morgan fingerprint density at radius 3 is 2.91 bits per heavy atom. The van der Waals surface area contributed by atoms with Crippen molar-refractivity contribution in [3.05, 3.63) is 27.8 Å². The van der Waals surface area contributed by atoms with Gasteiger partial charge < -0.3 is 9.26 Å². The van der Waals surface area contributed by atoms with E-state index < -0.39 is 0 Å². The van der Waals surface area contributed by atoms with Crippen molar-refractivity contribution in [3.63, 3.8) is 0 Å². The number of hydrogen-bond acceptors (Lipinski definition) is 7. The Morgan fingerprint density at radius 2 is 2.27 bits per heavy atom. The second-order valence-corrected chi connectivity index (χ2v) is 6.99. The van der Waals surface area contributed by atoms with Gasteiger partial charge >= 0.3 is 0 Å². The summed E-state index contributed by atoms with van der Waals surface area (Å²) in [5.41, 5.74) is 0.938. The predicted octanol–water partition coefficient (Wildman–Crippen LogP) is 2.86. The fourth-order valence-corrected chi connectivity index (χ4v) is 3.99. The third-order valence-corrected chi connectivity index (χ3v) is 5.53. The summed E-state index contributed by atoms with van der Waals surface area (Å²) in [4.78, 5) is 9.13. The smallest absolute Gasteiger partial charge is 0.223 e. The van der Waals surface area contributed by atoms with Gasteiger partial charge in [0.1, 0.15) is 11.1 Å². The first-order valence-electron chi connectivity index (χ1n) is 7.87. The molecule has 118 valence electrons. The molecule has 4 rings (SSSR count). The number of nitrogens with one attached hydrogen (secondary N) is 1. The molecule has 1 N–H and O–H groups in total. The van der Waals surface area contributed by atoms with E-state index in [4.69, 9.17) is 14.2 Å². The van der Waals surface area contributed by atoms with Crippen LogP contribution in [0.3, 0.4) is 0 Å². The largest absolute Gasteiger partial charge is 0.371 e. The van der Waals surface area contributed by atoms with Crippen LogP contribution in [0.1, 0.15) is 60.6 Å². The molecule has 0 radical (unpaired) electrons. The van der Waals surface area contributed by atoms with Gasteiger partial charge in [-0.2, -0.15) is 4.98 Å². The monoisotopic (exact) mass is 320 g/mol. The van der Waals surface area contributed by atoms with Crippen LogP contribution in [0.2, 0.25) is 0 Å². The zero-order valence-corrected chi connectivity index (χ0v) is 13.5. The zero-order chi connectivity index (χ0) is 15.0. The summed E-state index contributed by atoms with van der Waals surface area (Å²) in [7, 11) is 0. The molecule has 7 heteroatoms. The van der Waals surface area contributed by atoms with Crippen LogP contribution in [0.5, 0.6) is 0 Å². The molecule has 1 aliphatic heterocycles. The van der Waals surface area contributed by atoms with Crippen LogP contribution < -0.4 is 5.32 Å². The Balaban J connectivity index is 1.43. The summed E-state index contributed by atoms with van der Waals surface area (Å²) in [6, 6.07) is 0. The van der Waals surface area contributed by atoms with Crippen molar-refractivity contribution in [3.8, 4) is 0 Å². The first-order valence-corrected chi connectivity index (χ1v) is 8.75. The summed E-state index contributed by atoms with van der Waals surface area (Å²) in [5, 5.41) is 10.9. The molecule has 0 amide bonds. The summed E-state index contributed by atoms with van der Waals surface area (Å²) < 4.78 is 10.8. The number of thiazole rings is 1. The number of rotatable bonds is 5. The Kier molecular flexibility index (Phi) is 3.71. The number of aryl methyl sites for hydroxylation is 1. The van der Waals surface area contributed by atoms with E-state index >= 15 is 0 Å². The predicted molar refractivity (Wildman–Crippen MR) is 81.4 cm³/mol. The van der Waals surface area contributed by atoms with Gasteiger partial charge in [0.25, 0.3) is 0 Å². The van der Waals surface area contributed by atoms with Gasteiger partial charge in [-0.1, -0.05) is 5.16 Å². The average molecular weight is 320 g/mol. The molecule has 2 aliphatic rings. The maximum absolute atomic E-state index is 5.70. The van der Waals surface area contributed by atoms with Crippen molar-refractivity contribution in [2.75, 3.05) is 6.61 Å².